The Morgan fingerprint density at radius 3 is 2.55 bits per heavy atom. The third-order valence-electron chi connectivity index (χ3n) is 3.46. The van der Waals surface area contributed by atoms with Crippen molar-refractivity contribution < 1.29 is 0 Å². The van der Waals surface area contributed by atoms with Gasteiger partial charge in [-0.15, -0.1) is 0 Å². The Morgan fingerprint density at radius 2 is 1.95 bits per heavy atom. The summed E-state index contributed by atoms with van der Waals surface area (Å²) in [4.78, 5) is 11.5. The van der Waals surface area contributed by atoms with Gasteiger partial charge < -0.3 is 10.2 Å². The first-order valence-electron chi connectivity index (χ1n) is 7.93. The third kappa shape index (κ3) is 5.35. The van der Waals surface area contributed by atoms with Crippen LogP contribution in [-0.4, -0.2) is 30.1 Å². The lowest BCUT2D eigenvalue weighted by molar-refractivity contribution is 0.557. The highest BCUT2D eigenvalue weighted by molar-refractivity contribution is 5.49. The van der Waals surface area contributed by atoms with Crippen molar-refractivity contribution in [3.05, 3.63) is 11.9 Å². The molecule has 114 valence electrons. The molecular weight excluding hydrogens is 248 g/mol. The van der Waals surface area contributed by atoms with Crippen LogP contribution in [0, 0.1) is 5.92 Å². The monoisotopic (exact) mass is 278 g/mol. The maximum Gasteiger partial charge on any atom is 0.134 e. The fourth-order valence-electron chi connectivity index (χ4n) is 2.05. The van der Waals surface area contributed by atoms with E-state index in [1.807, 2.05) is 0 Å². The Hall–Kier alpha value is -1.32. The number of anilines is 2. The molecule has 0 saturated carbocycles. The molecule has 0 spiro atoms. The molecule has 0 saturated heterocycles. The summed E-state index contributed by atoms with van der Waals surface area (Å²) in [5.41, 5.74) is 0. The molecule has 20 heavy (non-hydrogen) atoms. The molecule has 0 aliphatic rings. The first kappa shape index (κ1) is 16.7. The predicted molar refractivity (Wildman–Crippen MR) is 87.5 cm³/mol. The van der Waals surface area contributed by atoms with Gasteiger partial charge in [0.15, 0.2) is 0 Å². The maximum absolute atomic E-state index is 4.69. The zero-order valence-electron chi connectivity index (χ0n) is 13.7. The smallest absolute Gasteiger partial charge is 0.134 e. The normalized spacial score (nSPS) is 12.2. The molecule has 4 nitrogen and oxygen atoms in total. The van der Waals surface area contributed by atoms with Crippen LogP contribution in [-0.2, 0) is 6.42 Å². The fourth-order valence-corrected chi connectivity index (χ4v) is 2.05. The van der Waals surface area contributed by atoms with E-state index in [0.29, 0.717) is 5.92 Å². The Balaban J connectivity index is 2.88. The summed E-state index contributed by atoms with van der Waals surface area (Å²) in [6, 6.07) is 2.07. The molecule has 1 aromatic rings. The van der Waals surface area contributed by atoms with Gasteiger partial charge in [0.05, 0.1) is 0 Å². The van der Waals surface area contributed by atoms with Crippen LogP contribution < -0.4 is 10.2 Å². The molecule has 1 rings (SSSR count). The van der Waals surface area contributed by atoms with Crippen LogP contribution in [0.3, 0.4) is 0 Å². The summed E-state index contributed by atoms with van der Waals surface area (Å²) >= 11 is 0. The maximum atomic E-state index is 4.69. The van der Waals surface area contributed by atoms with Crippen LogP contribution >= 0.6 is 0 Å². The Bertz CT molecular complexity index is 392. The van der Waals surface area contributed by atoms with E-state index < -0.39 is 0 Å². The topological polar surface area (TPSA) is 41.0 Å². The van der Waals surface area contributed by atoms with Gasteiger partial charge in [-0.25, -0.2) is 9.97 Å². The zero-order valence-corrected chi connectivity index (χ0v) is 13.7. The van der Waals surface area contributed by atoms with E-state index in [9.17, 15) is 0 Å². The van der Waals surface area contributed by atoms with Crippen LogP contribution in [0.5, 0.6) is 0 Å². The van der Waals surface area contributed by atoms with E-state index in [0.717, 1.165) is 49.8 Å². The molecule has 1 atom stereocenters. The molecule has 1 aromatic heterocycles. The number of rotatable bonds is 9. The molecule has 0 aromatic carbocycles. The van der Waals surface area contributed by atoms with E-state index in [1.165, 1.54) is 6.42 Å². The number of aryl methyl sites for hydroxylation is 1. The molecule has 0 aliphatic heterocycles. The van der Waals surface area contributed by atoms with E-state index >= 15 is 0 Å². The van der Waals surface area contributed by atoms with Crippen molar-refractivity contribution in [3.63, 3.8) is 0 Å². The van der Waals surface area contributed by atoms with Crippen LogP contribution in [0.2, 0.25) is 0 Å². The molecule has 0 amide bonds. The molecule has 0 bridgehead atoms. The lowest BCUT2D eigenvalue weighted by atomic mass is 10.1. The predicted octanol–water partition coefficient (Wildman–Crippen LogP) is 3.73. The van der Waals surface area contributed by atoms with Gasteiger partial charge in [0, 0.05) is 32.6 Å². The number of nitrogens with one attached hydrogen (secondary N) is 1. The minimum atomic E-state index is 0.677. The van der Waals surface area contributed by atoms with Gasteiger partial charge >= 0.3 is 0 Å². The third-order valence-corrected chi connectivity index (χ3v) is 3.46. The summed E-state index contributed by atoms with van der Waals surface area (Å²) < 4.78 is 0. The Labute approximate surface area is 124 Å². The number of aromatic nitrogens is 2. The summed E-state index contributed by atoms with van der Waals surface area (Å²) in [5, 5.41) is 3.38. The average Bonchev–Trinajstić information content (AvgIpc) is 2.45. The van der Waals surface area contributed by atoms with Gasteiger partial charge in [-0.2, -0.15) is 0 Å². The second-order valence-electron chi connectivity index (χ2n) is 5.60. The van der Waals surface area contributed by atoms with Crippen LogP contribution in [0.1, 0.15) is 52.8 Å². The van der Waals surface area contributed by atoms with Crippen molar-refractivity contribution in [1.29, 1.82) is 0 Å². The lowest BCUT2D eigenvalue weighted by Gasteiger charge is -2.22. The summed E-state index contributed by atoms with van der Waals surface area (Å²) in [6.07, 6.45) is 4.31. The standard InChI is InChI=1S/C16H30N4/c1-6-9-14-18-15(17-10-7-2)11-16(19-14)20(5)12-13(4)8-3/h11,13H,6-10,12H2,1-5H3,(H,17,18,19). The highest BCUT2D eigenvalue weighted by Crippen LogP contribution is 2.17. The van der Waals surface area contributed by atoms with Crippen molar-refractivity contribution in [1.82, 2.24) is 9.97 Å². The van der Waals surface area contributed by atoms with Gasteiger partial charge in [0.2, 0.25) is 0 Å². The second-order valence-corrected chi connectivity index (χ2v) is 5.60. The molecular formula is C16H30N4. The van der Waals surface area contributed by atoms with Crippen molar-refractivity contribution >= 4 is 11.6 Å². The minimum absolute atomic E-state index is 0.677. The molecule has 4 heteroatoms. The van der Waals surface area contributed by atoms with Crippen molar-refractivity contribution in [2.45, 2.75) is 53.4 Å². The molecule has 0 radical (unpaired) electrons. The molecule has 0 fully saturated rings. The van der Waals surface area contributed by atoms with Gasteiger partial charge in [-0.05, 0) is 18.8 Å². The van der Waals surface area contributed by atoms with Crippen molar-refractivity contribution in [2.75, 3.05) is 30.4 Å². The quantitative estimate of drug-likeness (QED) is 0.747. The van der Waals surface area contributed by atoms with E-state index in [1.54, 1.807) is 0 Å². The van der Waals surface area contributed by atoms with Gasteiger partial charge in [0.1, 0.15) is 17.5 Å². The first-order valence-corrected chi connectivity index (χ1v) is 7.93. The molecule has 1 unspecified atom stereocenters. The Morgan fingerprint density at radius 1 is 1.20 bits per heavy atom. The van der Waals surface area contributed by atoms with E-state index in [-0.39, 0.29) is 0 Å². The number of hydrogen-bond donors (Lipinski definition) is 1. The van der Waals surface area contributed by atoms with E-state index in [2.05, 4.69) is 56.0 Å². The van der Waals surface area contributed by atoms with Crippen LogP contribution in [0.4, 0.5) is 11.6 Å². The average molecular weight is 278 g/mol. The first-order chi connectivity index (χ1) is 9.60. The van der Waals surface area contributed by atoms with E-state index in [4.69, 9.17) is 4.98 Å². The molecule has 0 aliphatic carbocycles. The molecule has 1 N–H and O–H groups in total. The second kappa shape index (κ2) is 8.77. The van der Waals surface area contributed by atoms with Crippen molar-refractivity contribution in [3.8, 4) is 0 Å². The molecule has 1 heterocycles. The lowest BCUT2D eigenvalue weighted by Crippen LogP contribution is -2.25. The van der Waals surface area contributed by atoms with Crippen molar-refractivity contribution in [2.24, 2.45) is 5.92 Å². The SMILES string of the molecule is CCCNc1cc(N(C)CC(C)CC)nc(CCC)n1. The van der Waals surface area contributed by atoms with Crippen LogP contribution in [0.25, 0.3) is 0 Å². The Kier molecular flexibility index (Phi) is 7.34. The number of nitrogens with zero attached hydrogens (tertiary/aromatic N) is 3. The zero-order chi connectivity index (χ0) is 15.0. The van der Waals surface area contributed by atoms with Gasteiger partial charge in [0.25, 0.3) is 0 Å². The summed E-state index contributed by atoms with van der Waals surface area (Å²) in [6.45, 7) is 10.8. The number of hydrogen-bond acceptors (Lipinski definition) is 4. The van der Waals surface area contributed by atoms with Gasteiger partial charge in [-0.3, -0.25) is 0 Å². The van der Waals surface area contributed by atoms with Gasteiger partial charge in [-0.1, -0.05) is 34.1 Å². The summed E-state index contributed by atoms with van der Waals surface area (Å²) in [7, 11) is 2.12. The highest BCUT2D eigenvalue weighted by atomic mass is 15.2. The summed E-state index contributed by atoms with van der Waals surface area (Å²) in [5.74, 6) is 3.61. The highest BCUT2D eigenvalue weighted by Gasteiger charge is 2.10. The van der Waals surface area contributed by atoms with Crippen LogP contribution in [0.15, 0.2) is 6.07 Å². The minimum Gasteiger partial charge on any atom is -0.370 e. The fraction of sp³-hybridized carbons (Fsp3) is 0.750. The largest absolute Gasteiger partial charge is 0.370 e.